The summed E-state index contributed by atoms with van der Waals surface area (Å²) in [5, 5.41) is 2.89. The highest BCUT2D eigenvalue weighted by atomic mass is 16.5. The summed E-state index contributed by atoms with van der Waals surface area (Å²) in [5.74, 6) is 0.822. The van der Waals surface area contributed by atoms with Crippen LogP contribution < -0.4 is 15.6 Å². The van der Waals surface area contributed by atoms with Crippen LogP contribution in [0.4, 0.5) is 0 Å². The Morgan fingerprint density at radius 3 is 2.76 bits per heavy atom. The van der Waals surface area contributed by atoms with Crippen molar-refractivity contribution in [1.29, 1.82) is 0 Å². The van der Waals surface area contributed by atoms with Gasteiger partial charge in [-0.15, -0.1) is 0 Å². The fourth-order valence-corrected chi connectivity index (χ4v) is 2.50. The second-order valence-corrected chi connectivity index (χ2v) is 6.09. The Kier molecular flexibility index (Phi) is 7.26. The lowest BCUT2D eigenvalue weighted by Crippen LogP contribution is -2.26. The van der Waals surface area contributed by atoms with Gasteiger partial charge in [0, 0.05) is 25.4 Å². The molecule has 0 radical (unpaired) electrons. The molecule has 0 aliphatic rings. The summed E-state index contributed by atoms with van der Waals surface area (Å²) < 4.78 is 7.37. The molecule has 0 atom stereocenters. The quantitative estimate of drug-likeness (QED) is 0.713. The van der Waals surface area contributed by atoms with Crippen molar-refractivity contribution in [3.05, 3.63) is 64.1 Å². The Morgan fingerprint density at radius 2 is 1.96 bits per heavy atom. The molecular formula is C20H26N2O3. The lowest BCUT2D eigenvalue weighted by Gasteiger charge is -2.11. The average Bonchev–Trinajstić information content (AvgIpc) is 2.60. The molecule has 0 aliphatic carbocycles. The second-order valence-electron chi connectivity index (χ2n) is 6.09. The first-order chi connectivity index (χ1) is 12.1. The number of carbonyl (C=O) groups is 1. The lowest BCUT2D eigenvalue weighted by molar-refractivity contribution is -0.121. The second kappa shape index (κ2) is 9.67. The van der Waals surface area contributed by atoms with Gasteiger partial charge in [-0.25, -0.2) is 0 Å². The van der Waals surface area contributed by atoms with Crippen molar-refractivity contribution in [2.45, 2.75) is 39.7 Å². The minimum atomic E-state index is -0.0119. The SMILES string of the molecule is Cc1cccc(OCCC(=O)NCCCCn2ccccc2=O)c1C. The van der Waals surface area contributed by atoms with Crippen LogP contribution in [0.25, 0.3) is 0 Å². The Hall–Kier alpha value is -2.56. The van der Waals surface area contributed by atoms with Crippen molar-refractivity contribution in [3.8, 4) is 5.75 Å². The van der Waals surface area contributed by atoms with Crippen molar-refractivity contribution < 1.29 is 9.53 Å². The van der Waals surface area contributed by atoms with Crippen molar-refractivity contribution in [3.63, 3.8) is 0 Å². The van der Waals surface area contributed by atoms with Crippen LogP contribution in [0.3, 0.4) is 0 Å². The lowest BCUT2D eigenvalue weighted by atomic mass is 10.1. The van der Waals surface area contributed by atoms with Gasteiger partial charge in [0.1, 0.15) is 5.75 Å². The van der Waals surface area contributed by atoms with E-state index in [4.69, 9.17) is 4.74 Å². The molecule has 0 fully saturated rings. The van der Waals surface area contributed by atoms with Gasteiger partial charge in [0.25, 0.3) is 0 Å². The largest absolute Gasteiger partial charge is 0.493 e. The van der Waals surface area contributed by atoms with E-state index in [2.05, 4.69) is 5.32 Å². The fraction of sp³-hybridized carbons (Fsp3) is 0.400. The van der Waals surface area contributed by atoms with E-state index >= 15 is 0 Å². The number of unbranched alkanes of at least 4 members (excludes halogenated alkanes) is 1. The van der Waals surface area contributed by atoms with E-state index in [-0.39, 0.29) is 11.5 Å². The van der Waals surface area contributed by atoms with Gasteiger partial charge in [-0.2, -0.15) is 0 Å². The molecule has 1 amide bonds. The highest BCUT2D eigenvalue weighted by molar-refractivity contribution is 5.75. The van der Waals surface area contributed by atoms with Crippen LogP contribution in [0, 0.1) is 13.8 Å². The maximum atomic E-state index is 11.8. The van der Waals surface area contributed by atoms with E-state index in [0.717, 1.165) is 24.2 Å². The topological polar surface area (TPSA) is 60.3 Å². The van der Waals surface area contributed by atoms with E-state index in [0.29, 0.717) is 26.1 Å². The molecule has 2 aromatic rings. The first-order valence-electron chi connectivity index (χ1n) is 8.69. The number of carbonyl (C=O) groups excluding carboxylic acids is 1. The van der Waals surface area contributed by atoms with Crippen molar-refractivity contribution in [2.24, 2.45) is 0 Å². The van der Waals surface area contributed by atoms with Gasteiger partial charge >= 0.3 is 0 Å². The van der Waals surface area contributed by atoms with Crippen LogP contribution in [0.2, 0.25) is 0 Å². The summed E-state index contributed by atoms with van der Waals surface area (Å²) in [6.07, 6.45) is 3.81. The van der Waals surface area contributed by atoms with Gasteiger partial charge in [0.05, 0.1) is 13.0 Å². The Morgan fingerprint density at radius 1 is 1.12 bits per heavy atom. The van der Waals surface area contributed by atoms with Crippen LogP contribution in [-0.2, 0) is 11.3 Å². The van der Waals surface area contributed by atoms with Crippen LogP contribution in [0.15, 0.2) is 47.4 Å². The van der Waals surface area contributed by atoms with Gasteiger partial charge in [-0.3, -0.25) is 9.59 Å². The number of nitrogens with one attached hydrogen (secondary N) is 1. The van der Waals surface area contributed by atoms with Crippen LogP contribution >= 0.6 is 0 Å². The van der Waals surface area contributed by atoms with E-state index < -0.39 is 0 Å². The van der Waals surface area contributed by atoms with E-state index in [9.17, 15) is 9.59 Å². The summed E-state index contributed by atoms with van der Waals surface area (Å²) in [6, 6.07) is 11.1. The molecule has 5 heteroatoms. The predicted molar refractivity (Wildman–Crippen MR) is 99.0 cm³/mol. The minimum absolute atomic E-state index is 0.00938. The minimum Gasteiger partial charge on any atom is -0.493 e. The molecule has 0 bridgehead atoms. The number of aromatic nitrogens is 1. The van der Waals surface area contributed by atoms with Crippen molar-refractivity contribution >= 4 is 5.91 Å². The van der Waals surface area contributed by atoms with E-state index in [1.807, 2.05) is 38.1 Å². The first-order valence-corrected chi connectivity index (χ1v) is 8.69. The summed E-state index contributed by atoms with van der Waals surface area (Å²) in [5.41, 5.74) is 2.30. The molecule has 5 nitrogen and oxygen atoms in total. The first kappa shape index (κ1) is 18.8. The number of pyridine rings is 1. The Labute approximate surface area is 148 Å². The van der Waals surface area contributed by atoms with Crippen LogP contribution in [-0.4, -0.2) is 23.6 Å². The Balaban J connectivity index is 1.59. The number of rotatable bonds is 9. The number of hydrogen-bond acceptors (Lipinski definition) is 3. The number of aryl methyl sites for hydroxylation is 2. The molecule has 0 unspecified atom stereocenters. The van der Waals surface area contributed by atoms with E-state index in [1.54, 1.807) is 22.9 Å². The van der Waals surface area contributed by atoms with Gasteiger partial charge in [-0.1, -0.05) is 18.2 Å². The van der Waals surface area contributed by atoms with Crippen LogP contribution in [0.1, 0.15) is 30.4 Å². The van der Waals surface area contributed by atoms with Crippen molar-refractivity contribution in [1.82, 2.24) is 9.88 Å². The van der Waals surface area contributed by atoms with Gasteiger partial charge in [0.15, 0.2) is 0 Å². The third kappa shape index (κ3) is 6.10. The number of benzene rings is 1. The third-order valence-corrected chi connectivity index (χ3v) is 4.19. The smallest absolute Gasteiger partial charge is 0.250 e. The zero-order chi connectivity index (χ0) is 18.1. The molecule has 1 aromatic heterocycles. The van der Waals surface area contributed by atoms with Crippen LogP contribution in [0.5, 0.6) is 5.75 Å². The highest BCUT2D eigenvalue weighted by Crippen LogP contribution is 2.20. The summed E-state index contributed by atoms with van der Waals surface area (Å²) in [6.45, 7) is 5.71. The molecule has 2 rings (SSSR count). The molecule has 1 heterocycles. The zero-order valence-corrected chi connectivity index (χ0v) is 15.0. The highest BCUT2D eigenvalue weighted by Gasteiger charge is 2.04. The molecule has 0 saturated carbocycles. The van der Waals surface area contributed by atoms with Crippen molar-refractivity contribution in [2.75, 3.05) is 13.2 Å². The molecule has 134 valence electrons. The Bertz CT molecular complexity index is 753. The summed E-state index contributed by atoms with van der Waals surface area (Å²) >= 11 is 0. The maximum Gasteiger partial charge on any atom is 0.250 e. The maximum absolute atomic E-state index is 11.8. The predicted octanol–water partition coefficient (Wildman–Crippen LogP) is 2.83. The molecule has 0 saturated heterocycles. The van der Waals surface area contributed by atoms with Gasteiger partial charge < -0.3 is 14.6 Å². The average molecular weight is 342 g/mol. The molecule has 1 aromatic carbocycles. The molecule has 0 aliphatic heterocycles. The number of ether oxygens (including phenoxy) is 1. The van der Waals surface area contributed by atoms with Gasteiger partial charge in [0.2, 0.25) is 11.5 Å². The summed E-state index contributed by atoms with van der Waals surface area (Å²) in [4.78, 5) is 23.4. The molecule has 0 spiro atoms. The fourth-order valence-electron chi connectivity index (χ4n) is 2.50. The molecular weight excluding hydrogens is 316 g/mol. The molecule has 1 N–H and O–H groups in total. The number of amides is 1. The zero-order valence-electron chi connectivity index (χ0n) is 15.0. The summed E-state index contributed by atoms with van der Waals surface area (Å²) in [7, 11) is 0. The normalized spacial score (nSPS) is 10.5. The third-order valence-electron chi connectivity index (χ3n) is 4.19. The van der Waals surface area contributed by atoms with Gasteiger partial charge in [-0.05, 0) is 49.9 Å². The number of nitrogens with zero attached hydrogens (tertiary/aromatic N) is 1. The molecule has 25 heavy (non-hydrogen) atoms. The van der Waals surface area contributed by atoms with E-state index in [1.165, 1.54) is 5.56 Å². The standard InChI is InChI=1S/C20H26N2O3/c1-16-8-7-9-18(17(16)2)25-15-11-19(23)21-12-4-6-14-22-13-5-3-10-20(22)24/h3,5,7-10,13H,4,6,11-12,14-15H2,1-2H3,(H,21,23). The monoisotopic (exact) mass is 342 g/mol. The number of hydrogen-bond donors (Lipinski definition) is 1.